The van der Waals surface area contributed by atoms with Gasteiger partial charge in [-0.15, -0.1) is 0 Å². The van der Waals surface area contributed by atoms with E-state index in [4.69, 9.17) is 10.5 Å². The minimum atomic E-state index is -0.0171. The topological polar surface area (TPSA) is 67.6 Å². The molecule has 0 aliphatic carbocycles. The Morgan fingerprint density at radius 2 is 2.10 bits per heavy atom. The first-order valence-electron chi connectivity index (χ1n) is 6.73. The zero-order valence-electron chi connectivity index (χ0n) is 11.8. The van der Waals surface area contributed by atoms with Crippen LogP contribution >= 0.6 is 0 Å². The first-order chi connectivity index (χ1) is 10.2. The maximum atomic E-state index is 11.8. The quantitative estimate of drug-likeness (QED) is 0.848. The van der Waals surface area contributed by atoms with Crippen LogP contribution in [0.2, 0.25) is 0 Å². The normalized spacial score (nSPS) is 13.6. The number of nitrogens with zero attached hydrogens (tertiary/aromatic N) is 1. The van der Waals surface area contributed by atoms with Crippen LogP contribution in [-0.2, 0) is 11.3 Å². The molecule has 2 aromatic rings. The van der Waals surface area contributed by atoms with Crippen molar-refractivity contribution in [2.75, 3.05) is 29.6 Å². The van der Waals surface area contributed by atoms with E-state index in [1.807, 2.05) is 41.3 Å². The molecule has 0 spiro atoms. The summed E-state index contributed by atoms with van der Waals surface area (Å²) in [6, 6.07) is 13.3. The Morgan fingerprint density at radius 3 is 2.90 bits per heavy atom. The van der Waals surface area contributed by atoms with Crippen LogP contribution in [0, 0.1) is 0 Å². The van der Waals surface area contributed by atoms with Gasteiger partial charge >= 0.3 is 0 Å². The number of nitrogens with two attached hydrogens (primary N) is 1. The van der Waals surface area contributed by atoms with Gasteiger partial charge in [-0.3, -0.25) is 4.79 Å². The molecular weight excluding hydrogens is 266 g/mol. The van der Waals surface area contributed by atoms with E-state index >= 15 is 0 Å². The summed E-state index contributed by atoms with van der Waals surface area (Å²) in [5, 5.41) is 2.88. The van der Waals surface area contributed by atoms with E-state index in [-0.39, 0.29) is 5.91 Å². The average Bonchev–Trinajstić information content (AvgIpc) is 2.47. The molecule has 0 fully saturated rings. The number of fused-ring (bicyclic) bond motifs is 1. The molecule has 1 aliphatic rings. The van der Waals surface area contributed by atoms with E-state index < -0.39 is 0 Å². The number of nitrogen functional groups attached to an aromatic ring is 1. The Balaban J connectivity index is 1.95. The van der Waals surface area contributed by atoms with Gasteiger partial charge in [-0.2, -0.15) is 0 Å². The van der Waals surface area contributed by atoms with Gasteiger partial charge in [-0.25, -0.2) is 0 Å². The number of para-hydroxylation sites is 2. The van der Waals surface area contributed by atoms with Crippen LogP contribution < -0.4 is 20.7 Å². The van der Waals surface area contributed by atoms with Gasteiger partial charge in [0.15, 0.2) is 0 Å². The first kappa shape index (κ1) is 13.3. The number of hydrogen-bond acceptors (Lipinski definition) is 4. The van der Waals surface area contributed by atoms with Gasteiger partial charge in [0, 0.05) is 17.8 Å². The highest BCUT2D eigenvalue weighted by Gasteiger charge is 2.22. The molecule has 0 aromatic heterocycles. The van der Waals surface area contributed by atoms with Crippen LogP contribution in [0.5, 0.6) is 5.75 Å². The second-order valence-electron chi connectivity index (χ2n) is 4.99. The second kappa shape index (κ2) is 5.36. The standard InChI is InChI=1S/C16H17N3O2/c1-21-15-7-6-12(17)8-11(15)9-19-10-16(20)18-13-4-2-3-5-14(13)19/h2-8H,9-10,17H2,1H3,(H,18,20). The summed E-state index contributed by atoms with van der Waals surface area (Å²) in [4.78, 5) is 13.9. The lowest BCUT2D eigenvalue weighted by atomic mass is 10.1. The van der Waals surface area contributed by atoms with Gasteiger partial charge in [0.25, 0.3) is 0 Å². The fraction of sp³-hybridized carbons (Fsp3) is 0.188. The van der Waals surface area contributed by atoms with Crippen molar-refractivity contribution in [1.29, 1.82) is 0 Å². The molecule has 3 rings (SSSR count). The zero-order chi connectivity index (χ0) is 14.8. The molecule has 1 amide bonds. The van der Waals surface area contributed by atoms with Crippen molar-refractivity contribution in [2.45, 2.75) is 6.54 Å². The highest BCUT2D eigenvalue weighted by atomic mass is 16.5. The van der Waals surface area contributed by atoms with Crippen LogP contribution in [0.3, 0.4) is 0 Å². The lowest BCUT2D eigenvalue weighted by Gasteiger charge is -2.31. The predicted octanol–water partition coefficient (Wildman–Crippen LogP) is 2.24. The second-order valence-corrected chi connectivity index (χ2v) is 4.99. The number of ether oxygens (including phenoxy) is 1. The molecule has 1 aliphatic heterocycles. The van der Waals surface area contributed by atoms with E-state index in [2.05, 4.69) is 5.32 Å². The lowest BCUT2D eigenvalue weighted by Crippen LogP contribution is -2.37. The number of anilines is 3. The van der Waals surface area contributed by atoms with E-state index in [0.717, 1.165) is 22.7 Å². The van der Waals surface area contributed by atoms with Gasteiger partial charge in [-0.05, 0) is 30.3 Å². The monoisotopic (exact) mass is 283 g/mol. The largest absolute Gasteiger partial charge is 0.496 e. The van der Waals surface area contributed by atoms with Crippen LogP contribution in [0.4, 0.5) is 17.1 Å². The van der Waals surface area contributed by atoms with E-state index in [1.165, 1.54) is 0 Å². The number of hydrogen-bond donors (Lipinski definition) is 2. The van der Waals surface area contributed by atoms with Gasteiger partial charge in [0.1, 0.15) is 5.75 Å². The van der Waals surface area contributed by atoms with Gasteiger partial charge in [0.05, 0.1) is 25.0 Å². The molecule has 2 aromatic carbocycles. The Kier molecular flexibility index (Phi) is 3.39. The fourth-order valence-electron chi connectivity index (χ4n) is 2.57. The number of amides is 1. The minimum Gasteiger partial charge on any atom is -0.496 e. The minimum absolute atomic E-state index is 0.0171. The molecule has 3 N–H and O–H groups in total. The van der Waals surface area contributed by atoms with Crippen molar-refractivity contribution >= 4 is 23.0 Å². The number of nitrogens with one attached hydrogen (secondary N) is 1. The van der Waals surface area contributed by atoms with Crippen molar-refractivity contribution in [3.05, 3.63) is 48.0 Å². The third-order valence-corrected chi connectivity index (χ3v) is 3.52. The van der Waals surface area contributed by atoms with Crippen LogP contribution in [-0.4, -0.2) is 19.6 Å². The Labute approximate surface area is 123 Å². The molecule has 0 radical (unpaired) electrons. The van der Waals surface area contributed by atoms with Gasteiger partial charge in [-0.1, -0.05) is 12.1 Å². The predicted molar refractivity (Wildman–Crippen MR) is 83.5 cm³/mol. The molecule has 1 heterocycles. The number of rotatable bonds is 3. The SMILES string of the molecule is COc1ccc(N)cc1CN1CC(=O)Nc2ccccc21. The molecule has 108 valence electrons. The van der Waals surface area contributed by atoms with Crippen LogP contribution in [0.25, 0.3) is 0 Å². The van der Waals surface area contributed by atoms with Crippen molar-refractivity contribution in [2.24, 2.45) is 0 Å². The van der Waals surface area contributed by atoms with Crippen LogP contribution in [0.1, 0.15) is 5.56 Å². The number of carbonyl (C=O) groups is 1. The summed E-state index contributed by atoms with van der Waals surface area (Å²) in [5.41, 5.74) is 9.33. The summed E-state index contributed by atoms with van der Waals surface area (Å²) < 4.78 is 5.37. The smallest absolute Gasteiger partial charge is 0.243 e. The Morgan fingerprint density at radius 1 is 1.29 bits per heavy atom. The maximum absolute atomic E-state index is 11.8. The van der Waals surface area contributed by atoms with Crippen molar-refractivity contribution in [3.8, 4) is 5.75 Å². The maximum Gasteiger partial charge on any atom is 0.243 e. The van der Waals surface area contributed by atoms with E-state index in [9.17, 15) is 4.79 Å². The summed E-state index contributed by atoms with van der Waals surface area (Å²) in [7, 11) is 1.63. The molecule has 5 heteroatoms. The average molecular weight is 283 g/mol. The van der Waals surface area contributed by atoms with Crippen molar-refractivity contribution in [3.63, 3.8) is 0 Å². The summed E-state index contributed by atoms with van der Waals surface area (Å²) in [6.45, 7) is 0.883. The molecule has 21 heavy (non-hydrogen) atoms. The molecule has 0 bridgehead atoms. The van der Waals surface area contributed by atoms with Gasteiger partial charge in [0.2, 0.25) is 5.91 Å². The van der Waals surface area contributed by atoms with Gasteiger partial charge < -0.3 is 20.7 Å². The number of carbonyl (C=O) groups excluding carboxylic acids is 1. The third kappa shape index (κ3) is 2.63. The number of benzene rings is 2. The highest BCUT2D eigenvalue weighted by Crippen LogP contribution is 2.32. The Hall–Kier alpha value is -2.69. The molecule has 0 atom stereocenters. The van der Waals surface area contributed by atoms with Crippen molar-refractivity contribution < 1.29 is 9.53 Å². The molecular formula is C16H17N3O2. The van der Waals surface area contributed by atoms with E-state index in [0.29, 0.717) is 18.8 Å². The lowest BCUT2D eigenvalue weighted by molar-refractivity contribution is -0.115. The van der Waals surface area contributed by atoms with E-state index in [1.54, 1.807) is 13.2 Å². The summed E-state index contributed by atoms with van der Waals surface area (Å²) in [6.07, 6.45) is 0. The Bertz CT molecular complexity index is 685. The summed E-state index contributed by atoms with van der Waals surface area (Å²) in [5.74, 6) is 0.754. The van der Waals surface area contributed by atoms with Crippen molar-refractivity contribution in [1.82, 2.24) is 0 Å². The zero-order valence-corrected chi connectivity index (χ0v) is 11.8. The highest BCUT2D eigenvalue weighted by molar-refractivity contribution is 6.01. The first-order valence-corrected chi connectivity index (χ1v) is 6.73. The summed E-state index contributed by atoms with van der Waals surface area (Å²) >= 11 is 0. The molecule has 0 unspecified atom stereocenters. The van der Waals surface area contributed by atoms with Crippen LogP contribution in [0.15, 0.2) is 42.5 Å². The fourth-order valence-corrected chi connectivity index (χ4v) is 2.57. The molecule has 0 saturated heterocycles. The molecule has 5 nitrogen and oxygen atoms in total. The number of methoxy groups -OCH3 is 1. The molecule has 0 saturated carbocycles. The third-order valence-electron chi connectivity index (χ3n) is 3.52.